The van der Waals surface area contributed by atoms with Crippen LogP contribution >= 0.6 is 0 Å². The summed E-state index contributed by atoms with van der Waals surface area (Å²) in [5.41, 5.74) is 0. The van der Waals surface area contributed by atoms with Gasteiger partial charge >= 0.3 is 0 Å². The quantitative estimate of drug-likeness (QED) is 0.588. The van der Waals surface area contributed by atoms with E-state index in [-0.39, 0.29) is 6.10 Å². The van der Waals surface area contributed by atoms with Crippen LogP contribution in [0.3, 0.4) is 0 Å². The molecule has 0 aromatic heterocycles. The van der Waals surface area contributed by atoms with Gasteiger partial charge in [-0.1, -0.05) is 0 Å². The zero-order valence-corrected chi connectivity index (χ0v) is 7.74. The Hall–Kier alpha value is -0.120. The van der Waals surface area contributed by atoms with Crippen molar-refractivity contribution >= 4 is 0 Å². The Labute approximate surface area is 74.0 Å². The Morgan fingerprint density at radius 2 is 1.67 bits per heavy atom. The monoisotopic (exact) mass is 170 g/mol. The number of piperazine rings is 1. The second kappa shape index (κ2) is 3.32. The molecular formula is C9H18N2O. The third-order valence-electron chi connectivity index (χ3n) is 3.14. The summed E-state index contributed by atoms with van der Waals surface area (Å²) in [7, 11) is 2.17. The van der Waals surface area contributed by atoms with Gasteiger partial charge < -0.3 is 10.0 Å². The summed E-state index contributed by atoms with van der Waals surface area (Å²) in [6.07, 6.45) is 2.00. The minimum Gasteiger partial charge on any atom is -0.393 e. The molecule has 70 valence electrons. The molecule has 0 amide bonds. The minimum absolute atomic E-state index is 0.00495. The van der Waals surface area contributed by atoms with Gasteiger partial charge in [-0.05, 0) is 19.9 Å². The highest BCUT2D eigenvalue weighted by atomic mass is 16.3. The first-order valence-electron chi connectivity index (χ1n) is 4.86. The lowest BCUT2D eigenvalue weighted by Gasteiger charge is -2.44. The van der Waals surface area contributed by atoms with Crippen LogP contribution < -0.4 is 0 Å². The molecule has 0 aromatic rings. The van der Waals surface area contributed by atoms with Gasteiger partial charge in [-0.15, -0.1) is 0 Å². The van der Waals surface area contributed by atoms with Crippen molar-refractivity contribution in [3.8, 4) is 0 Å². The van der Waals surface area contributed by atoms with Crippen LogP contribution in [-0.4, -0.2) is 60.3 Å². The first-order chi connectivity index (χ1) is 5.75. The molecule has 1 aliphatic carbocycles. The molecule has 12 heavy (non-hydrogen) atoms. The van der Waals surface area contributed by atoms with Crippen LogP contribution in [0.5, 0.6) is 0 Å². The van der Waals surface area contributed by atoms with Crippen molar-refractivity contribution in [3.05, 3.63) is 0 Å². The molecule has 0 radical (unpaired) electrons. The van der Waals surface area contributed by atoms with E-state index in [1.54, 1.807) is 0 Å². The average molecular weight is 170 g/mol. The van der Waals surface area contributed by atoms with Gasteiger partial charge in [-0.2, -0.15) is 0 Å². The Bertz CT molecular complexity index is 149. The van der Waals surface area contributed by atoms with Gasteiger partial charge in [0.05, 0.1) is 6.10 Å². The molecule has 1 saturated heterocycles. The molecule has 1 N–H and O–H groups in total. The van der Waals surface area contributed by atoms with Crippen LogP contribution in [0, 0.1) is 0 Å². The Morgan fingerprint density at radius 1 is 1.08 bits per heavy atom. The summed E-state index contributed by atoms with van der Waals surface area (Å²) in [4.78, 5) is 4.89. The van der Waals surface area contributed by atoms with Crippen molar-refractivity contribution in [3.63, 3.8) is 0 Å². The molecular weight excluding hydrogens is 152 g/mol. The molecule has 2 rings (SSSR count). The van der Waals surface area contributed by atoms with Gasteiger partial charge in [0.2, 0.25) is 0 Å². The fourth-order valence-electron chi connectivity index (χ4n) is 2.04. The van der Waals surface area contributed by atoms with E-state index in [1.807, 2.05) is 0 Å². The molecule has 0 spiro atoms. The lowest BCUT2D eigenvalue weighted by molar-refractivity contribution is -0.0145. The van der Waals surface area contributed by atoms with Crippen LogP contribution in [0.2, 0.25) is 0 Å². The van der Waals surface area contributed by atoms with Crippen molar-refractivity contribution in [2.45, 2.75) is 25.0 Å². The molecule has 2 aliphatic rings. The number of nitrogens with zero attached hydrogens (tertiary/aromatic N) is 2. The first-order valence-corrected chi connectivity index (χ1v) is 4.86. The molecule has 3 heteroatoms. The van der Waals surface area contributed by atoms with Crippen molar-refractivity contribution in [1.82, 2.24) is 9.80 Å². The molecule has 0 aromatic carbocycles. The van der Waals surface area contributed by atoms with Crippen LogP contribution in [0.15, 0.2) is 0 Å². The lowest BCUT2D eigenvalue weighted by Crippen LogP contribution is -2.54. The number of likely N-dealkylation sites (N-methyl/N-ethyl adjacent to an activating group) is 1. The van der Waals surface area contributed by atoms with Crippen LogP contribution in [0.25, 0.3) is 0 Å². The number of rotatable bonds is 1. The molecule has 0 unspecified atom stereocenters. The maximum Gasteiger partial charge on any atom is 0.0570 e. The fraction of sp³-hybridized carbons (Fsp3) is 1.00. The molecule has 2 fully saturated rings. The van der Waals surface area contributed by atoms with E-state index in [0.717, 1.165) is 12.8 Å². The summed E-state index contributed by atoms with van der Waals surface area (Å²) >= 11 is 0. The third-order valence-corrected chi connectivity index (χ3v) is 3.14. The summed E-state index contributed by atoms with van der Waals surface area (Å²) in [6, 6.07) is 0.689. The van der Waals surface area contributed by atoms with Gasteiger partial charge in [0.15, 0.2) is 0 Å². The van der Waals surface area contributed by atoms with Gasteiger partial charge in [-0.25, -0.2) is 0 Å². The Morgan fingerprint density at radius 3 is 2.17 bits per heavy atom. The molecule has 0 atom stereocenters. The number of hydrogen-bond donors (Lipinski definition) is 1. The first kappa shape index (κ1) is 8.48. The zero-order chi connectivity index (χ0) is 8.55. The van der Waals surface area contributed by atoms with Gasteiger partial charge in [0, 0.05) is 32.2 Å². The highest BCUT2D eigenvalue weighted by molar-refractivity contribution is 4.88. The molecule has 1 saturated carbocycles. The van der Waals surface area contributed by atoms with E-state index in [0.29, 0.717) is 6.04 Å². The number of hydrogen-bond acceptors (Lipinski definition) is 3. The lowest BCUT2D eigenvalue weighted by atomic mass is 9.88. The average Bonchev–Trinajstić information content (AvgIpc) is 2.01. The Balaban J connectivity index is 1.75. The van der Waals surface area contributed by atoms with Gasteiger partial charge in [-0.3, -0.25) is 4.90 Å². The normalized spacial score (nSPS) is 39.5. The van der Waals surface area contributed by atoms with Crippen LogP contribution in [0.1, 0.15) is 12.8 Å². The van der Waals surface area contributed by atoms with E-state index in [9.17, 15) is 0 Å². The predicted molar refractivity (Wildman–Crippen MR) is 48.1 cm³/mol. The summed E-state index contributed by atoms with van der Waals surface area (Å²) < 4.78 is 0. The Kier molecular flexibility index (Phi) is 2.35. The molecule has 0 bridgehead atoms. The zero-order valence-electron chi connectivity index (χ0n) is 7.74. The van der Waals surface area contributed by atoms with Crippen molar-refractivity contribution in [2.24, 2.45) is 0 Å². The van der Waals surface area contributed by atoms with Crippen molar-refractivity contribution in [1.29, 1.82) is 0 Å². The minimum atomic E-state index is -0.00495. The maximum atomic E-state index is 9.16. The van der Waals surface area contributed by atoms with Crippen LogP contribution in [-0.2, 0) is 0 Å². The van der Waals surface area contributed by atoms with Gasteiger partial charge in [0.25, 0.3) is 0 Å². The van der Waals surface area contributed by atoms with Crippen LogP contribution in [0.4, 0.5) is 0 Å². The second-order valence-corrected chi connectivity index (χ2v) is 4.12. The standard InChI is InChI=1S/C9H18N2O/c1-10-2-4-11(5-3-10)8-6-9(12)7-8/h8-9,12H,2-7H2,1H3. The third kappa shape index (κ3) is 1.63. The van der Waals surface area contributed by atoms with Crippen molar-refractivity contribution in [2.75, 3.05) is 33.2 Å². The van der Waals surface area contributed by atoms with E-state index in [4.69, 9.17) is 5.11 Å². The molecule has 1 aliphatic heterocycles. The predicted octanol–water partition coefficient (Wildman–Crippen LogP) is -0.243. The molecule has 1 heterocycles. The maximum absolute atomic E-state index is 9.16. The van der Waals surface area contributed by atoms with E-state index in [2.05, 4.69) is 16.8 Å². The highest BCUT2D eigenvalue weighted by Crippen LogP contribution is 2.25. The number of aliphatic hydroxyl groups is 1. The van der Waals surface area contributed by atoms with Crippen molar-refractivity contribution < 1.29 is 5.11 Å². The fourth-order valence-corrected chi connectivity index (χ4v) is 2.04. The van der Waals surface area contributed by atoms with E-state index >= 15 is 0 Å². The van der Waals surface area contributed by atoms with Gasteiger partial charge in [0.1, 0.15) is 0 Å². The molecule has 3 nitrogen and oxygen atoms in total. The van der Waals surface area contributed by atoms with E-state index < -0.39 is 0 Å². The largest absolute Gasteiger partial charge is 0.393 e. The summed E-state index contributed by atoms with van der Waals surface area (Å²) in [6.45, 7) is 4.75. The smallest absolute Gasteiger partial charge is 0.0570 e. The topological polar surface area (TPSA) is 26.7 Å². The second-order valence-electron chi connectivity index (χ2n) is 4.12. The summed E-state index contributed by atoms with van der Waals surface area (Å²) in [5, 5.41) is 9.16. The summed E-state index contributed by atoms with van der Waals surface area (Å²) in [5.74, 6) is 0. The van der Waals surface area contributed by atoms with E-state index in [1.165, 1.54) is 26.2 Å². The highest BCUT2D eigenvalue weighted by Gasteiger charge is 2.33. The SMILES string of the molecule is CN1CCN(C2CC(O)C2)CC1. The number of aliphatic hydroxyl groups excluding tert-OH is 1.